The number of halogens is 1. The molecule has 0 aliphatic carbocycles. The SMILES string of the molecule is CCOc1cc(/C=C2/SC(=O)N(CC(=O)Nc3cc(C)cc(C)c3)C2=O)cc(I)c1O. The Morgan fingerprint density at radius 1 is 1.19 bits per heavy atom. The Hall–Kier alpha value is -2.53. The molecule has 3 amide bonds. The van der Waals surface area contributed by atoms with Crippen molar-refractivity contribution in [2.45, 2.75) is 20.8 Å². The maximum absolute atomic E-state index is 12.7. The highest BCUT2D eigenvalue weighted by molar-refractivity contribution is 14.1. The molecule has 3 rings (SSSR count). The van der Waals surface area contributed by atoms with Gasteiger partial charge in [0.1, 0.15) is 6.54 Å². The summed E-state index contributed by atoms with van der Waals surface area (Å²) in [4.78, 5) is 38.6. The minimum Gasteiger partial charge on any atom is -0.504 e. The molecule has 0 aromatic heterocycles. The molecule has 0 saturated carbocycles. The van der Waals surface area contributed by atoms with Gasteiger partial charge in [0.2, 0.25) is 5.91 Å². The van der Waals surface area contributed by atoms with Crippen LogP contribution >= 0.6 is 34.4 Å². The molecule has 0 unspecified atom stereocenters. The van der Waals surface area contributed by atoms with E-state index in [0.717, 1.165) is 27.8 Å². The van der Waals surface area contributed by atoms with E-state index >= 15 is 0 Å². The molecule has 1 aliphatic rings. The topological polar surface area (TPSA) is 95.9 Å². The number of phenolic OH excluding ortho intramolecular Hbond substituents is 1. The van der Waals surface area contributed by atoms with E-state index in [4.69, 9.17) is 4.74 Å². The number of nitrogens with one attached hydrogen (secondary N) is 1. The van der Waals surface area contributed by atoms with E-state index in [9.17, 15) is 19.5 Å². The molecule has 7 nitrogen and oxygen atoms in total. The average Bonchev–Trinajstić information content (AvgIpc) is 2.92. The van der Waals surface area contributed by atoms with Crippen LogP contribution in [-0.4, -0.2) is 40.2 Å². The van der Waals surface area contributed by atoms with Crippen LogP contribution in [0, 0.1) is 17.4 Å². The van der Waals surface area contributed by atoms with Gasteiger partial charge in [0.15, 0.2) is 11.5 Å². The second-order valence-electron chi connectivity index (χ2n) is 6.97. The molecule has 1 heterocycles. The third-order valence-electron chi connectivity index (χ3n) is 4.33. The van der Waals surface area contributed by atoms with Crippen molar-refractivity contribution >= 4 is 63.2 Å². The Morgan fingerprint density at radius 2 is 1.87 bits per heavy atom. The number of aryl methyl sites for hydroxylation is 2. The van der Waals surface area contributed by atoms with E-state index < -0.39 is 17.1 Å². The van der Waals surface area contributed by atoms with E-state index in [2.05, 4.69) is 5.32 Å². The van der Waals surface area contributed by atoms with Crippen LogP contribution in [0.5, 0.6) is 11.5 Å². The summed E-state index contributed by atoms with van der Waals surface area (Å²) in [7, 11) is 0. The Labute approximate surface area is 198 Å². The summed E-state index contributed by atoms with van der Waals surface area (Å²) < 4.78 is 5.97. The Bertz CT molecular complexity index is 1080. The number of carbonyl (C=O) groups is 3. The number of hydrogen-bond acceptors (Lipinski definition) is 6. The number of rotatable bonds is 6. The highest BCUT2D eigenvalue weighted by Gasteiger charge is 2.36. The molecule has 2 aromatic carbocycles. The van der Waals surface area contributed by atoms with E-state index in [1.165, 1.54) is 0 Å². The van der Waals surface area contributed by atoms with E-state index in [0.29, 0.717) is 27.2 Å². The van der Waals surface area contributed by atoms with Gasteiger partial charge in [-0.2, -0.15) is 0 Å². The predicted molar refractivity (Wildman–Crippen MR) is 129 cm³/mol. The molecular formula is C22H21IN2O5S. The van der Waals surface area contributed by atoms with Crippen LogP contribution in [0.2, 0.25) is 0 Å². The molecule has 1 saturated heterocycles. The lowest BCUT2D eigenvalue weighted by atomic mass is 10.1. The fraction of sp³-hybridized carbons (Fsp3) is 0.227. The van der Waals surface area contributed by atoms with Gasteiger partial charge >= 0.3 is 0 Å². The van der Waals surface area contributed by atoms with Gasteiger partial charge in [0, 0.05) is 5.69 Å². The summed E-state index contributed by atoms with van der Waals surface area (Å²) in [5.41, 5.74) is 3.22. The van der Waals surface area contributed by atoms with Crippen molar-refractivity contribution in [3.63, 3.8) is 0 Å². The number of ether oxygens (including phenoxy) is 1. The van der Waals surface area contributed by atoms with E-state index in [1.54, 1.807) is 25.1 Å². The minimum atomic E-state index is -0.536. The van der Waals surface area contributed by atoms with Gasteiger partial charge < -0.3 is 15.2 Å². The van der Waals surface area contributed by atoms with Crippen LogP contribution < -0.4 is 10.1 Å². The standard InChI is InChI=1S/C22H21IN2O5S/c1-4-30-17-9-14(8-16(23)20(17)27)10-18-21(28)25(22(29)31-18)11-19(26)24-15-6-12(2)5-13(3)7-15/h5-10,27H,4,11H2,1-3H3,(H,24,26)/b18-10+. The number of aromatic hydroxyl groups is 1. The molecule has 2 N–H and O–H groups in total. The summed E-state index contributed by atoms with van der Waals surface area (Å²) in [5.74, 6) is -0.665. The smallest absolute Gasteiger partial charge is 0.294 e. The van der Waals surface area contributed by atoms with Crippen LogP contribution in [0.3, 0.4) is 0 Å². The number of nitrogens with zero attached hydrogens (tertiary/aromatic N) is 1. The van der Waals surface area contributed by atoms with Crippen molar-refractivity contribution in [1.29, 1.82) is 0 Å². The van der Waals surface area contributed by atoms with Gasteiger partial charge in [-0.3, -0.25) is 19.3 Å². The van der Waals surface area contributed by atoms with Crippen LogP contribution in [0.25, 0.3) is 6.08 Å². The predicted octanol–water partition coefficient (Wildman–Crippen LogP) is 4.69. The lowest BCUT2D eigenvalue weighted by Crippen LogP contribution is -2.36. The zero-order valence-corrected chi connectivity index (χ0v) is 20.2. The van der Waals surface area contributed by atoms with E-state index in [1.807, 2.05) is 54.6 Å². The van der Waals surface area contributed by atoms with Crippen molar-refractivity contribution in [2.75, 3.05) is 18.5 Å². The first-order valence-corrected chi connectivity index (χ1v) is 11.4. The maximum atomic E-state index is 12.7. The summed E-state index contributed by atoms with van der Waals surface area (Å²) in [5, 5.41) is 12.3. The average molecular weight is 552 g/mol. The molecule has 1 fully saturated rings. The second kappa shape index (κ2) is 9.73. The number of phenols is 1. The molecule has 9 heteroatoms. The third-order valence-corrected chi connectivity index (χ3v) is 6.06. The molecule has 1 aliphatic heterocycles. The Kier molecular flexibility index (Phi) is 7.26. The van der Waals surface area contributed by atoms with Crippen LogP contribution in [-0.2, 0) is 9.59 Å². The number of benzene rings is 2. The van der Waals surface area contributed by atoms with Gasteiger partial charge in [0.25, 0.3) is 11.1 Å². The molecule has 0 atom stereocenters. The number of thioether (sulfide) groups is 1. The zero-order chi connectivity index (χ0) is 22.7. The van der Waals surface area contributed by atoms with Crippen LogP contribution in [0.1, 0.15) is 23.6 Å². The quantitative estimate of drug-likeness (QED) is 0.399. The summed E-state index contributed by atoms with van der Waals surface area (Å²) >= 11 is 2.74. The summed E-state index contributed by atoms with van der Waals surface area (Å²) in [6.07, 6.45) is 1.55. The lowest BCUT2D eigenvalue weighted by molar-refractivity contribution is -0.127. The first-order chi connectivity index (χ1) is 14.7. The number of anilines is 1. The molecule has 0 bridgehead atoms. The number of hydrogen-bond donors (Lipinski definition) is 2. The lowest BCUT2D eigenvalue weighted by Gasteiger charge is -2.13. The molecule has 0 radical (unpaired) electrons. The van der Waals surface area contributed by atoms with Gasteiger partial charge in [-0.1, -0.05) is 6.07 Å². The van der Waals surface area contributed by atoms with E-state index in [-0.39, 0.29) is 17.2 Å². The first kappa shape index (κ1) is 23.1. The molecule has 162 valence electrons. The Morgan fingerprint density at radius 3 is 2.52 bits per heavy atom. The van der Waals surface area contributed by atoms with Gasteiger partial charge in [-0.25, -0.2) is 0 Å². The van der Waals surface area contributed by atoms with Gasteiger partial charge in [-0.15, -0.1) is 0 Å². The second-order valence-corrected chi connectivity index (χ2v) is 9.13. The van der Waals surface area contributed by atoms with Crippen molar-refractivity contribution < 1.29 is 24.2 Å². The van der Waals surface area contributed by atoms with Crippen LogP contribution in [0.4, 0.5) is 10.5 Å². The number of amides is 3. The molecule has 2 aromatic rings. The summed E-state index contributed by atoms with van der Waals surface area (Å²) in [6.45, 7) is 5.65. The van der Waals surface area contributed by atoms with Crippen molar-refractivity contribution in [3.8, 4) is 11.5 Å². The Balaban J connectivity index is 1.75. The van der Waals surface area contributed by atoms with Crippen molar-refractivity contribution in [2.24, 2.45) is 0 Å². The molecule has 31 heavy (non-hydrogen) atoms. The summed E-state index contributed by atoms with van der Waals surface area (Å²) in [6, 6.07) is 8.90. The largest absolute Gasteiger partial charge is 0.504 e. The number of imide groups is 1. The number of carbonyl (C=O) groups excluding carboxylic acids is 3. The third kappa shape index (κ3) is 5.59. The zero-order valence-electron chi connectivity index (χ0n) is 17.2. The van der Waals surface area contributed by atoms with Crippen LogP contribution in [0.15, 0.2) is 35.2 Å². The normalized spacial score (nSPS) is 15.0. The fourth-order valence-corrected chi connectivity index (χ4v) is 4.58. The molecular weight excluding hydrogens is 531 g/mol. The highest BCUT2D eigenvalue weighted by atomic mass is 127. The minimum absolute atomic E-state index is 0.0239. The monoisotopic (exact) mass is 552 g/mol. The van der Waals surface area contributed by atoms with Crippen molar-refractivity contribution in [3.05, 3.63) is 55.5 Å². The van der Waals surface area contributed by atoms with Gasteiger partial charge in [-0.05, 0) is 102 Å². The van der Waals surface area contributed by atoms with Gasteiger partial charge in [0.05, 0.1) is 15.1 Å². The first-order valence-electron chi connectivity index (χ1n) is 9.46. The maximum Gasteiger partial charge on any atom is 0.294 e. The molecule has 0 spiro atoms. The fourth-order valence-electron chi connectivity index (χ4n) is 3.12. The highest BCUT2D eigenvalue weighted by Crippen LogP contribution is 2.36. The van der Waals surface area contributed by atoms with Crippen molar-refractivity contribution in [1.82, 2.24) is 4.90 Å².